The topological polar surface area (TPSA) is 29.1 Å². The number of benzene rings is 1. The Morgan fingerprint density at radius 3 is 2.88 bits per heavy atom. The largest absolute Gasteiger partial charge is 0.352 e. The number of nitrogens with one attached hydrogen (secondary N) is 1. The van der Waals surface area contributed by atoms with Crippen molar-refractivity contribution in [2.45, 2.75) is 20.3 Å². The van der Waals surface area contributed by atoms with Crippen LogP contribution in [0.2, 0.25) is 0 Å². The average Bonchev–Trinajstić information content (AvgIpc) is 2.28. The van der Waals surface area contributed by atoms with Crippen LogP contribution in [-0.4, -0.2) is 12.5 Å². The third kappa shape index (κ3) is 4.05. The smallest absolute Gasteiger partial charge is 0.252 e. The van der Waals surface area contributed by atoms with Crippen LogP contribution in [0.1, 0.15) is 30.6 Å². The van der Waals surface area contributed by atoms with Crippen LogP contribution >= 0.6 is 38.5 Å². The van der Waals surface area contributed by atoms with Crippen molar-refractivity contribution in [1.82, 2.24) is 5.32 Å². The predicted molar refractivity (Wildman–Crippen MR) is 78.6 cm³/mol. The Morgan fingerprint density at radius 1 is 1.56 bits per heavy atom. The van der Waals surface area contributed by atoms with Gasteiger partial charge in [-0.25, -0.2) is 0 Å². The van der Waals surface area contributed by atoms with Crippen molar-refractivity contribution in [2.75, 3.05) is 6.54 Å². The van der Waals surface area contributed by atoms with Crippen LogP contribution in [0.4, 0.5) is 0 Å². The minimum atomic E-state index is -0.00862. The van der Waals surface area contributed by atoms with Gasteiger partial charge in [-0.05, 0) is 62.6 Å². The second-order valence-electron chi connectivity index (χ2n) is 3.85. The molecule has 1 rings (SSSR count). The van der Waals surface area contributed by atoms with E-state index in [-0.39, 0.29) is 5.91 Å². The summed E-state index contributed by atoms with van der Waals surface area (Å²) < 4.78 is 1.91. The van der Waals surface area contributed by atoms with E-state index >= 15 is 0 Å². The lowest BCUT2D eigenvalue weighted by Crippen LogP contribution is -2.28. The zero-order valence-electron chi connectivity index (χ0n) is 9.39. The van der Waals surface area contributed by atoms with Gasteiger partial charge in [-0.15, -0.1) is 0 Å². The van der Waals surface area contributed by atoms with Crippen molar-refractivity contribution in [2.24, 2.45) is 5.92 Å². The highest BCUT2D eigenvalue weighted by Gasteiger charge is 2.10. The molecule has 0 aliphatic carbocycles. The van der Waals surface area contributed by atoms with Crippen LogP contribution in [0.25, 0.3) is 0 Å². The van der Waals surface area contributed by atoms with Crippen LogP contribution in [0.3, 0.4) is 0 Å². The fraction of sp³-hybridized carbons (Fsp3) is 0.417. The van der Waals surface area contributed by atoms with E-state index in [1.807, 2.05) is 18.2 Å². The van der Waals surface area contributed by atoms with Crippen LogP contribution in [0.5, 0.6) is 0 Å². The first kappa shape index (κ1) is 14.0. The zero-order valence-corrected chi connectivity index (χ0v) is 13.1. The predicted octanol–water partition coefficient (Wildman–Crippen LogP) is 3.83. The van der Waals surface area contributed by atoms with Crippen molar-refractivity contribution in [3.05, 3.63) is 31.8 Å². The number of hydrogen-bond donors (Lipinski definition) is 1. The first-order chi connectivity index (χ1) is 7.54. The van der Waals surface area contributed by atoms with Gasteiger partial charge in [-0.3, -0.25) is 4.79 Å². The van der Waals surface area contributed by atoms with Crippen molar-refractivity contribution < 1.29 is 4.79 Å². The van der Waals surface area contributed by atoms with E-state index < -0.39 is 0 Å². The van der Waals surface area contributed by atoms with E-state index in [4.69, 9.17) is 0 Å². The molecule has 1 atom stereocenters. The maximum atomic E-state index is 11.9. The second-order valence-corrected chi connectivity index (χ2v) is 5.95. The Labute approximate surface area is 118 Å². The monoisotopic (exact) mass is 395 g/mol. The third-order valence-corrected chi connectivity index (χ3v) is 3.84. The number of carbonyl (C=O) groups excluding carboxylic acids is 1. The lowest BCUT2D eigenvalue weighted by molar-refractivity contribution is 0.0947. The first-order valence-electron chi connectivity index (χ1n) is 5.27. The Morgan fingerprint density at radius 2 is 2.25 bits per heavy atom. The lowest BCUT2D eigenvalue weighted by Gasteiger charge is -2.11. The van der Waals surface area contributed by atoms with Crippen molar-refractivity contribution in [3.63, 3.8) is 0 Å². The summed E-state index contributed by atoms with van der Waals surface area (Å²) in [5.74, 6) is 0.510. The maximum Gasteiger partial charge on any atom is 0.252 e. The van der Waals surface area contributed by atoms with Gasteiger partial charge in [0.25, 0.3) is 5.91 Å². The molecule has 88 valence electrons. The van der Waals surface area contributed by atoms with Crippen LogP contribution < -0.4 is 5.32 Å². The molecule has 0 saturated heterocycles. The summed E-state index contributed by atoms with van der Waals surface area (Å²) in [7, 11) is 0. The van der Waals surface area contributed by atoms with Gasteiger partial charge < -0.3 is 5.32 Å². The van der Waals surface area contributed by atoms with E-state index in [0.29, 0.717) is 11.5 Å². The van der Waals surface area contributed by atoms with E-state index in [9.17, 15) is 4.79 Å². The quantitative estimate of drug-likeness (QED) is 0.771. The standard InChI is InChI=1S/C12H15BrINO/c1-3-8(2)7-15-12(16)10-6-9(14)4-5-11(10)13/h4-6,8H,3,7H2,1-2H3,(H,15,16). The van der Waals surface area contributed by atoms with Gasteiger partial charge in [-0.1, -0.05) is 20.3 Å². The first-order valence-corrected chi connectivity index (χ1v) is 7.15. The highest BCUT2D eigenvalue weighted by molar-refractivity contribution is 14.1. The molecule has 2 nitrogen and oxygen atoms in total. The fourth-order valence-corrected chi connectivity index (χ4v) is 2.10. The van der Waals surface area contributed by atoms with Gasteiger partial charge in [0.1, 0.15) is 0 Å². The van der Waals surface area contributed by atoms with Gasteiger partial charge in [0.2, 0.25) is 0 Å². The summed E-state index contributed by atoms with van der Waals surface area (Å²) in [4.78, 5) is 11.9. The normalized spacial score (nSPS) is 12.2. The van der Waals surface area contributed by atoms with E-state index in [1.54, 1.807) is 0 Å². The molecule has 16 heavy (non-hydrogen) atoms. The molecule has 1 amide bonds. The van der Waals surface area contributed by atoms with E-state index in [1.165, 1.54) is 0 Å². The summed E-state index contributed by atoms with van der Waals surface area (Å²) in [5, 5.41) is 2.95. The Kier molecular flexibility index (Phi) is 5.75. The Hall–Kier alpha value is -0.100. The molecule has 0 radical (unpaired) electrons. The van der Waals surface area contributed by atoms with Gasteiger partial charge >= 0.3 is 0 Å². The van der Waals surface area contributed by atoms with E-state index in [0.717, 1.165) is 21.0 Å². The summed E-state index contributed by atoms with van der Waals surface area (Å²) in [6.45, 7) is 4.98. The van der Waals surface area contributed by atoms with Gasteiger partial charge in [0, 0.05) is 14.6 Å². The number of halogens is 2. The Balaban J connectivity index is 2.69. The van der Waals surface area contributed by atoms with Crippen LogP contribution in [0, 0.1) is 9.49 Å². The van der Waals surface area contributed by atoms with Crippen LogP contribution in [-0.2, 0) is 0 Å². The second kappa shape index (κ2) is 6.59. The molecule has 0 aliphatic rings. The third-order valence-electron chi connectivity index (χ3n) is 2.48. The molecule has 0 bridgehead atoms. The molecule has 0 aromatic heterocycles. The molecule has 0 fully saturated rings. The molecule has 0 saturated carbocycles. The van der Waals surface area contributed by atoms with Gasteiger partial charge in [0.15, 0.2) is 0 Å². The molecular weight excluding hydrogens is 381 g/mol. The summed E-state index contributed by atoms with van der Waals surface area (Å²) in [5.41, 5.74) is 0.704. The molecule has 0 spiro atoms. The molecule has 1 unspecified atom stereocenters. The highest BCUT2D eigenvalue weighted by atomic mass is 127. The average molecular weight is 396 g/mol. The molecular formula is C12H15BrINO. The zero-order chi connectivity index (χ0) is 12.1. The molecule has 4 heteroatoms. The fourth-order valence-electron chi connectivity index (χ4n) is 1.18. The lowest BCUT2D eigenvalue weighted by atomic mass is 10.1. The minimum Gasteiger partial charge on any atom is -0.352 e. The SMILES string of the molecule is CCC(C)CNC(=O)c1cc(I)ccc1Br. The summed E-state index contributed by atoms with van der Waals surface area (Å²) in [6, 6.07) is 5.76. The minimum absolute atomic E-state index is 0.00862. The number of hydrogen-bond acceptors (Lipinski definition) is 1. The number of rotatable bonds is 4. The van der Waals surface area contributed by atoms with E-state index in [2.05, 4.69) is 57.7 Å². The van der Waals surface area contributed by atoms with Gasteiger partial charge in [0.05, 0.1) is 5.56 Å². The van der Waals surface area contributed by atoms with Gasteiger partial charge in [-0.2, -0.15) is 0 Å². The van der Waals surface area contributed by atoms with Crippen molar-refractivity contribution in [1.29, 1.82) is 0 Å². The van der Waals surface area contributed by atoms with Crippen LogP contribution in [0.15, 0.2) is 22.7 Å². The highest BCUT2D eigenvalue weighted by Crippen LogP contribution is 2.19. The van der Waals surface area contributed by atoms with Crippen molar-refractivity contribution in [3.8, 4) is 0 Å². The summed E-state index contributed by atoms with van der Waals surface area (Å²) >= 11 is 5.59. The molecule has 0 heterocycles. The summed E-state index contributed by atoms with van der Waals surface area (Å²) in [6.07, 6.45) is 1.08. The molecule has 1 aromatic carbocycles. The van der Waals surface area contributed by atoms with Crippen molar-refractivity contribution >= 4 is 44.4 Å². The molecule has 1 aromatic rings. The maximum absolute atomic E-state index is 11.9. The number of amides is 1. The Bertz CT molecular complexity index is 381. The molecule has 1 N–H and O–H groups in total. The number of carbonyl (C=O) groups is 1. The molecule has 0 aliphatic heterocycles.